The predicted octanol–water partition coefficient (Wildman–Crippen LogP) is 5.58. The number of ether oxygens (including phenoxy) is 2. The van der Waals surface area contributed by atoms with Crippen molar-refractivity contribution in [3.05, 3.63) is 72.6 Å². The number of fused-ring (bicyclic) bond motifs is 1. The van der Waals surface area contributed by atoms with Crippen molar-refractivity contribution < 1.29 is 14.3 Å². The fourth-order valence-electron chi connectivity index (χ4n) is 2.70. The summed E-state index contributed by atoms with van der Waals surface area (Å²) in [5.41, 5.74) is 1.46. The van der Waals surface area contributed by atoms with Gasteiger partial charge in [-0.2, -0.15) is 0 Å². The van der Waals surface area contributed by atoms with Gasteiger partial charge in [0.1, 0.15) is 17.2 Å². The number of benzene rings is 2. The van der Waals surface area contributed by atoms with Crippen LogP contribution in [0, 0.1) is 0 Å². The number of thiophene rings is 1. The molecule has 0 saturated heterocycles. The van der Waals surface area contributed by atoms with Gasteiger partial charge >= 0.3 is 0 Å². The van der Waals surface area contributed by atoms with E-state index in [4.69, 9.17) is 9.47 Å². The van der Waals surface area contributed by atoms with Crippen LogP contribution in [0.15, 0.2) is 66.9 Å². The Labute approximate surface area is 154 Å². The lowest BCUT2D eigenvalue weighted by Gasteiger charge is -2.08. The van der Waals surface area contributed by atoms with Gasteiger partial charge < -0.3 is 9.47 Å². The van der Waals surface area contributed by atoms with Crippen LogP contribution in [0.1, 0.15) is 10.5 Å². The van der Waals surface area contributed by atoms with Crippen molar-refractivity contribution >= 4 is 27.7 Å². The Morgan fingerprint density at radius 2 is 1.81 bits per heavy atom. The summed E-state index contributed by atoms with van der Waals surface area (Å²) in [7, 11) is 1.66. The molecule has 0 aliphatic heterocycles. The van der Waals surface area contributed by atoms with E-state index in [0.717, 1.165) is 32.0 Å². The largest absolute Gasteiger partial charge is 0.497 e. The van der Waals surface area contributed by atoms with Crippen LogP contribution in [-0.2, 0) is 0 Å². The molecule has 0 fully saturated rings. The molecule has 0 amide bonds. The second-order valence-electron chi connectivity index (χ2n) is 5.63. The summed E-state index contributed by atoms with van der Waals surface area (Å²) < 4.78 is 12.6. The maximum Gasteiger partial charge on any atom is 0.168 e. The Hall–Kier alpha value is -3.18. The van der Waals surface area contributed by atoms with Crippen LogP contribution in [0.5, 0.6) is 17.2 Å². The number of carbonyl (C=O) groups is 1. The third kappa shape index (κ3) is 3.05. The van der Waals surface area contributed by atoms with E-state index in [9.17, 15) is 4.79 Å². The molecular weight excluding hydrogens is 346 g/mol. The van der Waals surface area contributed by atoms with Crippen LogP contribution in [-0.4, -0.2) is 18.4 Å². The Morgan fingerprint density at radius 1 is 1.00 bits per heavy atom. The lowest BCUT2D eigenvalue weighted by atomic mass is 10.1. The summed E-state index contributed by atoms with van der Waals surface area (Å²) in [5.74, 6) is 2.17. The van der Waals surface area contributed by atoms with Gasteiger partial charge in [0.05, 0.1) is 18.2 Å². The van der Waals surface area contributed by atoms with Gasteiger partial charge in [0.15, 0.2) is 12.0 Å². The molecule has 0 radical (unpaired) electrons. The molecule has 5 heteroatoms. The van der Waals surface area contributed by atoms with E-state index in [-0.39, 0.29) is 0 Å². The number of pyridine rings is 1. The number of hydrogen-bond acceptors (Lipinski definition) is 5. The Balaban J connectivity index is 1.85. The Morgan fingerprint density at radius 3 is 2.50 bits per heavy atom. The zero-order chi connectivity index (χ0) is 17.9. The van der Waals surface area contributed by atoms with E-state index in [1.165, 1.54) is 0 Å². The second-order valence-corrected chi connectivity index (χ2v) is 6.68. The molecule has 0 aliphatic carbocycles. The monoisotopic (exact) mass is 361 g/mol. The smallest absolute Gasteiger partial charge is 0.168 e. The van der Waals surface area contributed by atoms with Crippen LogP contribution in [0.25, 0.3) is 20.5 Å². The number of hydrogen-bond donors (Lipinski definition) is 0. The number of methoxy groups -OCH3 is 1. The maximum absolute atomic E-state index is 10.8. The second kappa shape index (κ2) is 6.98. The third-order valence-electron chi connectivity index (χ3n) is 3.99. The predicted molar refractivity (Wildman–Crippen MR) is 104 cm³/mol. The quantitative estimate of drug-likeness (QED) is 0.436. The van der Waals surface area contributed by atoms with Crippen LogP contribution in [0.2, 0.25) is 0 Å². The number of aldehydes is 1. The van der Waals surface area contributed by atoms with E-state index in [2.05, 4.69) is 17.1 Å². The molecule has 0 saturated carbocycles. The van der Waals surface area contributed by atoms with Gasteiger partial charge in [-0.25, -0.2) is 4.98 Å². The average Bonchev–Trinajstić information content (AvgIpc) is 3.06. The molecule has 4 aromatic rings. The number of rotatable bonds is 5. The first-order chi connectivity index (χ1) is 12.8. The topological polar surface area (TPSA) is 48.4 Å². The minimum atomic E-state index is 0.376. The van der Waals surface area contributed by atoms with Crippen LogP contribution in [0.3, 0.4) is 0 Å². The van der Waals surface area contributed by atoms with Crippen molar-refractivity contribution in [3.63, 3.8) is 0 Å². The van der Waals surface area contributed by atoms with E-state index in [0.29, 0.717) is 17.7 Å². The number of carbonyl (C=O) groups excluding carboxylic acids is 1. The zero-order valence-electron chi connectivity index (χ0n) is 14.0. The molecule has 2 heterocycles. The minimum absolute atomic E-state index is 0.376. The summed E-state index contributed by atoms with van der Waals surface area (Å²) in [4.78, 5) is 15.9. The van der Waals surface area contributed by atoms with Crippen molar-refractivity contribution in [3.8, 4) is 27.7 Å². The molecule has 0 unspecified atom stereocenters. The molecule has 0 bridgehead atoms. The molecule has 26 heavy (non-hydrogen) atoms. The van der Waals surface area contributed by atoms with Crippen LogP contribution in [0.4, 0.5) is 0 Å². The first kappa shape index (κ1) is 16.3. The van der Waals surface area contributed by atoms with E-state index in [1.807, 2.05) is 36.4 Å². The Bertz CT molecular complexity index is 1060. The summed E-state index contributed by atoms with van der Waals surface area (Å²) in [6.07, 6.45) is 2.27. The average molecular weight is 361 g/mol. The van der Waals surface area contributed by atoms with Gasteiger partial charge in [0.2, 0.25) is 0 Å². The van der Waals surface area contributed by atoms with Crippen LogP contribution < -0.4 is 9.47 Å². The number of nitrogens with zero attached hydrogens (tertiary/aromatic N) is 1. The van der Waals surface area contributed by atoms with Gasteiger partial charge in [0, 0.05) is 10.1 Å². The molecule has 0 atom stereocenters. The van der Waals surface area contributed by atoms with E-state index >= 15 is 0 Å². The molecule has 0 aliphatic rings. The molecule has 2 aromatic heterocycles. The minimum Gasteiger partial charge on any atom is -0.497 e. The summed E-state index contributed by atoms with van der Waals surface area (Å²) in [5, 5.41) is 1.01. The standard InChI is InChI=1S/C21H15NO3S/c1-24-16-9-10-18-19(11-16)26-21(14-5-3-2-4-6-14)20(18)25-17-8-7-15(13-23)22-12-17/h2-13H,1H3. The van der Waals surface area contributed by atoms with Gasteiger partial charge in [-0.3, -0.25) is 4.79 Å². The van der Waals surface area contributed by atoms with Crippen LogP contribution >= 0.6 is 11.3 Å². The molecule has 0 spiro atoms. The normalized spacial score (nSPS) is 10.7. The highest BCUT2D eigenvalue weighted by Crippen LogP contribution is 2.46. The maximum atomic E-state index is 10.8. The molecule has 4 rings (SSSR count). The highest BCUT2D eigenvalue weighted by atomic mass is 32.1. The lowest BCUT2D eigenvalue weighted by molar-refractivity contribution is 0.111. The molecule has 0 N–H and O–H groups in total. The van der Waals surface area contributed by atoms with Gasteiger partial charge in [-0.15, -0.1) is 11.3 Å². The lowest BCUT2D eigenvalue weighted by Crippen LogP contribution is -1.89. The molecule has 4 nitrogen and oxygen atoms in total. The molecule has 128 valence electrons. The van der Waals surface area contributed by atoms with E-state index < -0.39 is 0 Å². The first-order valence-electron chi connectivity index (χ1n) is 8.03. The SMILES string of the molecule is COc1ccc2c(Oc3ccc(C=O)nc3)c(-c3ccccc3)sc2c1. The summed E-state index contributed by atoms with van der Waals surface area (Å²) >= 11 is 1.65. The third-order valence-corrected chi connectivity index (χ3v) is 5.17. The molecular formula is C21H15NO3S. The van der Waals surface area contributed by atoms with Crippen molar-refractivity contribution in [1.82, 2.24) is 4.98 Å². The van der Waals surface area contributed by atoms with Gasteiger partial charge in [-0.05, 0) is 35.9 Å². The highest BCUT2D eigenvalue weighted by Gasteiger charge is 2.17. The fraction of sp³-hybridized carbons (Fsp3) is 0.0476. The molecule has 2 aromatic carbocycles. The van der Waals surface area contributed by atoms with Gasteiger partial charge in [0.25, 0.3) is 0 Å². The zero-order valence-corrected chi connectivity index (χ0v) is 14.8. The van der Waals surface area contributed by atoms with Gasteiger partial charge in [-0.1, -0.05) is 30.3 Å². The van der Waals surface area contributed by atoms with E-state index in [1.54, 1.807) is 36.8 Å². The first-order valence-corrected chi connectivity index (χ1v) is 8.85. The summed E-state index contributed by atoms with van der Waals surface area (Å²) in [6, 6.07) is 19.4. The fourth-order valence-corrected chi connectivity index (χ4v) is 3.86. The number of aromatic nitrogens is 1. The van der Waals surface area contributed by atoms with Crippen molar-refractivity contribution in [2.75, 3.05) is 7.11 Å². The van der Waals surface area contributed by atoms with Crippen molar-refractivity contribution in [2.24, 2.45) is 0 Å². The summed E-state index contributed by atoms with van der Waals surface area (Å²) in [6.45, 7) is 0. The van der Waals surface area contributed by atoms with Crippen molar-refractivity contribution in [1.29, 1.82) is 0 Å². The Kier molecular flexibility index (Phi) is 4.37. The van der Waals surface area contributed by atoms with Crippen molar-refractivity contribution in [2.45, 2.75) is 0 Å². The highest BCUT2D eigenvalue weighted by molar-refractivity contribution is 7.22.